The van der Waals surface area contributed by atoms with Crippen molar-refractivity contribution in [3.05, 3.63) is 69.5 Å². The molecule has 0 aliphatic carbocycles. The number of unbranched alkanes of at least 4 members (excludes halogenated alkanes) is 1. The van der Waals surface area contributed by atoms with E-state index in [0.29, 0.717) is 17.1 Å². The number of thiazole rings is 1. The van der Waals surface area contributed by atoms with Crippen LogP contribution >= 0.6 is 34.3 Å². The van der Waals surface area contributed by atoms with E-state index in [9.17, 15) is 4.79 Å². The highest BCUT2D eigenvalue weighted by molar-refractivity contribution is 7.13. The Balaban J connectivity index is 1.77. The number of rotatable bonds is 7. The number of carbonyl (C=O) groups is 1. The van der Waals surface area contributed by atoms with Crippen molar-refractivity contribution in [1.29, 1.82) is 0 Å². The lowest BCUT2D eigenvalue weighted by molar-refractivity contribution is 0.0952. The molecule has 7 heteroatoms. The second-order valence-corrected chi connectivity index (χ2v) is 9.13. The molecule has 1 aromatic carbocycles. The maximum atomic E-state index is 12.8. The molecule has 154 valence electrons. The molecule has 3 aromatic heterocycles. The predicted octanol–water partition coefficient (Wildman–Crippen LogP) is 6.82. The van der Waals surface area contributed by atoms with E-state index < -0.39 is 0 Å². The Morgan fingerprint density at radius 1 is 1.20 bits per heavy atom. The molecule has 4 nitrogen and oxygen atoms in total. The molecule has 4 aromatic rings. The van der Waals surface area contributed by atoms with Crippen LogP contribution in [0.15, 0.2) is 53.2 Å². The smallest absolute Gasteiger partial charge is 0.253 e. The van der Waals surface area contributed by atoms with Gasteiger partial charge in [-0.25, -0.2) is 4.98 Å². The van der Waals surface area contributed by atoms with Crippen LogP contribution in [-0.2, 0) is 0 Å². The minimum Gasteiger partial charge on any atom is -0.352 e. The van der Waals surface area contributed by atoms with Gasteiger partial charge in [0.25, 0.3) is 5.91 Å². The average molecular weight is 456 g/mol. The highest BCUT2D eigenvalue weighted by Crippen LogP contribution is 2.36. The van der Waals surface area contributed by atoms with Gasteiger partial charge in [0.05, 0.1) is 27.0 Å². The Labute approximate surface area is 189 Å². The fourth-order valence-electron chi connectivity index (χ4n) is 3.33. The van der Waals surface area contributed by atoms with Crippen LogP contribution in [0.2, 0.25) is 5.02 Å². The molecule has 1 amide bonds. The first-order valence-electron chi connectivity index (χ1n) is 9.85. The van der Waals surface area contributed by atoms with Crippen molar-refractivity contribution in [2.45, 2.75) is 26.7 Å². The lowest BCUT2D eigenvalue weighted by Gasteiger charge is -2.08. The number of thiophene rings is 1. The van der Waals surface area contributed by atoms with Gasteiger partial charge in [0.15, 0.2) is 0 Å². The first kappa shape index (κ1) is 20.8. The van der Waals surface area contributed by atoms with Crippen LogP contribution in [0.25, 0.3) is 27.0 Å². The van der Waals surface area contributed by atoms with E-state index in [2.05, 4.69) is 22.9 Å². The molecule has 4 rings (SSSR count). The van der Waals surface area contributed by atoms with Crippen LogP contribution in [0.1, 0.15) is 35.8 Å². The molecule has 1 N–H and O–H groups in total. The summed E-state index contributed by atoms with van der Waals surface area (Å²) >= 11 is 9.56. The van der Waals surface area contributed by atoms with Crippen molar-refractivity contribution >= 4 is 40.2 Å². The van der Waals surface area contributed by atoms with E-state index in [1.165, 1.54) is 0 Å². The molecular weight excluding hydrogens is 434 g/mol. The van der Waals surface area contributed by atoms with Gasteiger partial charge >= 0.3 is 0 Å². The monoisotopic (exact) mass is 455 g/mol. The van der Waals surface area contributed by atoms with E-state index in [1.807, 2.05) is 54.1 Å². The number of hydrogen-bond donors (Lipinski definition) is 1. The maximum Gasteiger partial charge on any atom is 0.253 e. The topological polar surface area (TPSA) is 46.9 Å². The Morgan fingerprint density at radius 3 is 2.77 bits per heavy atom. The highest BCUT2D eigenvalue weighted by Gasteiger charge is 2.22. The van der Waals surface area contributed by atoms with Crippen LogP contribution in [0, 0.1) is 6.92 Å². The molecule has 0 saturated carbocycles. The number of carbonyl (C=O) groups excluding carboxylic acids is 1. The van der Waals surface area contributed by atoms with Gasteiger partial charge in [-0.3, -0.25) is 4.79 Å². The zero-order chi connectivity index (χ0) is 21.1. The van der Waals surface area contributed by atoms with Crippen molar-refractivity contribution in [2.75, 3.05) is 6.54 Å². The van der Waals surface area contributed by atoms with E-state index in [-0.39, 0.29) is 5.91 Å². The molecule has 0 radical (unpaired) electrons. The molecule has 30 heavy (non-hydrogen) atoms. The van der Waals surface area contributed by atoms with Gasteiger partial charge < -0.3 is 9.88 Å². The van der Waals surface area contributed by atoms with Gasteiger partial charge in [0.1, 0.15) is 5.01 Å². The lowest BCUT2D eigenvalue weighted by atomic mass is 10.2. The summed E-state index contributed by atoms with van der Waals surface area (Å²) in [4.78, 5) is 17.7. The summed E-state index contributed by atoms with van der Waals surface area (Å²) in [6.45, 7) is 4.78. The molecule has 3 heterocycles. The van der Waals surface area contributed by atoms with Gasteiger partial charge in [0, 0.05) is 23.2 Å². The molecule has 0 aliphatic heterocycles. The number of halogens is 1. The minimum atomic E-state index is -0.0425. The van der Waals surface area contributed by atoms with Crippen molar-refractivity contribution in [3.8, 4) is 27.0 Å². The van der Waals surface area contributed by atoms with Gasteiger partial charge in [-0.1, -0.05) is 43.1 Å². The third-order valence-corrected chi connectivity index (χ3v) is 6.96. The standard InChI is InChI=1S/C23H22ClN3OS2/c1-3-4-11-25-22(28)17-13-20(27(15(17)2)21-10-7-12-29-21)19-14-30-23(26-19)16-8-5-6-9-18(16)24/h5-10,12-14H,3-4,11H2,1-2H3,(H,25,28). The Hall–Kier alpha value is -2.41. The van der Waals surface area contributed by atoms with Gasteiger partial charge in [-0.2, -0.15) is 0 Å². The van der Waals surface area contributed by atoms with E-state index in [0.717, 1.165) is 45.5 Å². The van der Waals surface area contributed by atoms with Crippen LogP contribution < -0.4 is 5.32 Å². The molecule has 0 atom stereocenters. The molecule has 0 spiro atoms. The Bertz CT molecular complexity index is 1160. The van der Waals surface area contributed by atoms with Crippen molar-refractivity contribution in [1.82, 2.24) is 14.9 Å². The van der Waals surface area contributed by atoms with E-state index in [1.54, 1.807) is 22.7 Å². The fourth-order valence-corrected chi connectivity index (χ4v) is 5.26. The van der Waals surface area contributed by atoms with Crippen molar-refractivity contribution in [3.63, 3.8) is 0 Å². The number of benzene rings is 1. The number of hydrogen-bond acceptors (Lipinski definition) is 4. The van der Waals surface area contributed by atoms with Gasteiger partial charge in [0.2, 0.25) is 0 Å². The molecule has 0 aliphatic rings. The van der Waals surface area contributed by atoms with Crippen LogP contribution in [0.3, 0.4) is 0 Å². The SMILES string of the molecule is CCCCNC(=O)c1cc(-c2csc(-c3ccccc3Cl)n2)n(-c2cccs2)c1C. The first-order chi connectivity index (χ1) is 14.6. The van der Waals surface area contributed by atoms with E-state index in [4.69, 9.17) is 16.6 Å². The third kappa shape index (κ3) is 4.08. The Morgan fingerprint density at radius 2 is 2.03 bits per heavy atom. The molecule has 0 saturated heterocycles. The Kier molecular flexibility index (Phi) is 6.37. The van der Waals surface area contributed by atoms with Crippen molar-refractivity contribution < 1.29 is 4.79 Å². The summed E-state index contributed by atoms with van der Waals surface area (Å²) in [5, 5.41) is 9.69. The zero-order valence-corrected chi connectivity index (χ0v) is 19.2. The minimum absolute atomic E-state index is 0.0425. The van der Waals surface area contributed by atoms with Crippen LogP contribution in [0.5, 0.6) is 0 Å². The summed E-state index contributed by atoms with van der Waals surface area (Å²) in [5.74, 6) is -0.0425. The summed E-state index contributed by atoms with van der Waals surface area (Å²) in [7, 11) is 0. The highest BCUT2D eigenvalue weighted by atomic mass is 35.5. The largest absolute Gasteiger partial charge is 0.352 e. The summed E-state index contributed by atoms with van der Waals surface area (Å²) < 4.78 is 2.12. The van der Waals surface area contributed by atoms with E-state index >= 15 is 0 Å². The lowest BCUT2D eigenvalue weighted by Crippen LogP contribution is -2.24. The summed E-state index contributed by atoms with van der Waals surface area (Å²) in [6.07, 6.45) is 2.01. The van der Waals surface area contributed by atoms with Gasteiger partial charge in [-0.15, -0.1) is 22.7 Å². The third-order valence-electron chi connectivity index (χ3n) is 4.91. The molecule has 0 unspecified atom stereocenters. The quantitative estimate of drug-likeness (QED) is 0.311. The van der Waals surface area contributed by atoms with Crippen molar-refractivity contribution in [2.24, 2.45) is 0 Å². The van der Waals surface area contributed by atoms with Crippen LogP contribution in [0.4, 0.5) is 0 Å². The molecular formula is C23H22ClN3OS2. The molecule has 0 bridgehead atoms. The summed E-state index contributed by atoms with van der Waals surface area (Å²) in [6, 6.07) is 13.7. The van der Waals surface area contributed by atoms with Gasteiger partial charge in [-0.05, 0) is 43.0 Å². The second-order valence-electron chi connectivity index (χ2n) is 6.94. The zero-order valence-electron chi connectivity index (χ0n) is 16.8. The first-order valence-corrected chi connectivity index (χ1v) is 12.0. The average Bonchev–Trinajstić information content (AvgIpc) is 3.48. The fraction of sp³-hybridized carbons (Fsp3) is 0.217. The normalized spacial score (nSPS) is 11.0. The number of nitrogens with one attached hydrogen (secondary N) is 1. The maximum absolute atomic E-state index is 12.8. The number of aromatic nitrogens is 2. The number of amides is 1. The number of nitrogens with zero attached hydrogens (tertiary/aromatic N) is 2. The molecule has 0 fully saturated rings. The predicted molar refractivity (Wildman–Crippen MR) is 127 cm³/mol. The summed E-state index contributed by atoms with van der Waals surface area (Å²) in [5.41, 5.74) is 4.25. The second kappa shape index (κ2) is 9.16. The van der Waals surface area contributed by atoms with Crippen LogP contribution in [-0.4, -0.2) is 22.0 Å².